The van der Waals surface area contributed by atoms with Crippen molar-refractivity contribution in [3.05, 3.63) is 54.6 Å². The summed E-state index contributed by atoms with van der Waals surface area (Å²) in [4.78, 5) is 16.1. The van der Waals surface area contributed by atoms with Gasteiger partial charge in [0.1, 0.15) is 19.0 Å². The van der Waals surface area contributed by atoms with Crippen LogP contribution in [0.4, 0.5) is 0 Å². The van der Waals surface area contributed by atoms with Crippen molar-refractivity contribution in [2.45, 2.75) is 6.54 Å². The smallest absolute Gasteiger partial charge is 0.332 e. The van der Waals surface area contributed by atoms with E-state index in [0.29, 0.717) is 6.54 Å². The third kappa shape index (κ3) is 3.40. The molecule has 3 rings (SSSR count). The highest BCUT2D eigenvalue weighted by molar-refractivity contribution is 5.80. The second kappa shape index (κ2) is 7.07. The van der Waals surface area contributed by atoms with Gasteiger partial charge in [0, 0.05) is 12.7 Å². The van der Waals surface area contributed by atoms with Crippen molar-refractivity contribution in [2.75, 3.05) is 20.3 Å². The van der Waals surface area contributed by atoms with Crippen LogP contribution in [-0.4, -0.2) is 35.8 Å². The molecule has 3 aromatic rings. The van der Waals surface area contributed by atoms with Gasteiger partial charge in [0.25, 0.3) is 0 Å². The quantitative estimate of drug-likeness (QED) is 0.657. The molecule has 23 heavy (non-hydrogen) atoms. The molecule has 0 atom stereocenters. The third-order valence-corrected chi connectivity index (χ3v) is 3.53. The van der Waals surface area contributed by atoms with Crippen molar-refractivity contribution in [1.29, 1.82) is 0 Å². The molecule has 0 aliphatic carbocycles. The second-order valence-electron chi connectivity index (χ2n) is 5.10. The third-order valence-electron chi connectivity index (χ3n) is 3.53. The number of esters is 1. The van der Waals surface area contributed by atoms with Crippen LogP contribution in [0.15, 0.2) is 54.6 Å². The Kier molecular flexibility index (Phi) is 4.68. The van der Waals surface area contributed by atoms with Gasteiger partial charge in [-0.25, -0.2) is 9.78 Å². The first-order chi connectivity index (χ1) is 11.3. The van der Waals surface area contributed by atoms with E-state index in [1.165, 1.54) is 7.11 Å². The fourth-order valence-electron chi connectivity index (χ4n) is 2.52. The summed E-state index contributed by atoms with van der Waals surface area (Å²) in [7, 11) is 1.47. The molecule has 0 bridgehead atoms. The fourth-order valence-corrected chi connectivity index (χ4v) is 2.52. The van der Waals surface area contributed by atoms with E-state index in [1.807, 2.05) is 54.6 Å². The predicted molar refractivity (Wildman–Crippen MR) is 88.0 cm³/mol. The van der Waals surface area contributed by atoms with Crippen molar-refractivity contribution in [2.24, 2.45) is 0 Å². The van der Waals surface area contributed by atoms with Gasteiger partial charge in [-0.1, -0.05) is 42.5 Å². The van der Waals surface area contributed by atoms with Crippen molar-refractivity contribution >= 4 is 17.0 Å². The lowest BCUT2D eigenvalue weighted by molar-refractivity contribution is -0.148. The normalized spacial score (nSPS) is 10.8. The minimum atomic E-state index is -0.363. The van der Waals surface area contributed by atoms with Gasteiger partial charge in [-0.2, -0.15) is 0 Å². The van der Waals surface area contributed by atoms with Crippen LogP contribution in [0.2, 0.25) is 0 Å². The highest BCUT2D eigenvalue weighted by Gasteiger charge is 2.12. The van der Waals surface area contributed by atoms with Gasteiger partial charge in [-0.15, -0.1) is 0 Å². The molecule has 0 aliphatic rings. The van der Waals surface area contributed by atoms with E-state index in [1.54, 1.807) is 0 Å². The van der Waals surface area contributed by atoms with Crippen LogP contribution in [0.25, 0.3) is 22.4 Å². The van der Waals surface area contributed by atoms with Crippen molar-refractivity contribution in [1.82, 2.24) is 9.55 Å². The Morgan fingerprint density at radius 3 is 2.61 bits per heavy atom. The first-order valence-electron chi connectivity index (χ1n) is 7.45. The number of hydrogen-bond acceptors (Lipinski definition) is 4. The van der Waals surface area contributed by atoms with Crippen LogP contribution in [0.1, 0.15) is 0 Å². The van der Waals surface area contributed by atoms with Gasteiger partial charge < -0.3 is 14.0 Å². The number of imidazole rings is 1. The van der Waals surface area contributed by atoms with Crippen LogP contribution in [-0.2, 0) is 20.8 Å². The van der Waals surface area contributed by atoms with Gasteiger partial charge in [0.2, 0.25) is 0 Å². The maximum absolute atomic E-state index is 11.4. The van der Waals surface area contributed by atoms with Gasteiger partial charge in [0.15, 0.2) is 0 Å². The molecule has 0 spiro atoms. The van der Waals surface area contributed by atoms with E-state index in [2.05, 4.69) is 4.57 Å². The van der Waals surface area contributed by atoms with Gasteiger partial charge in [-0.05, 0) is 12.1 Å². The van der Waals surface area contributed by atoms with E-state index in [4.69, 9.17) is 14.5 Å². The second-order valence-corrected chi connectivity index (χ2v) is 5.10. The van der Waals surface area contributed by atoms with E-state index in [0.717, 1.165) is 22.4 Å². The molecule has 0 fully saturated rings. The number of methoxy groups -OCH3 is 1. The SMILES string of the molecule is COCC(=O)OCCn1c(-c2ccccc2)nc2ccccc21. The predicted octanol–water partition coefficient (Wildman–Crippen LogP) is 2.89. The largest absolute Gasteiger partial charge is 0.462 e. The van der Waals surface area contributed by atoms with Gasteiger partial charge in [-0.3, -0.25) is 0 Å². The number of ether oxygens (including phenoxy) is 2. The number of aromatic nitrogens is 2. The minimum absolute atomic E-state index is 0.0315. The molecule has 0 unspecified atom stereocenters. The number of carbonyl (C=O) groups excluding carboxylic acids is 1. The highest BCUT2D eigenvalue weighted by atomic mass is 16.6. The average molecular weight is 310 g/mol. The molecule has 0 saturated carbocycles. The molecular weight excluding hydrogens is 292 g/mol. The lowest BCUT2D eigenvalue weighted by Gasteiger charge is -2.10. The van der Waals surface area contributed by atoms with E-state index < -0.39 is 0 Å². The lowest BCUT2D eigenvalue weighted by Crippen LogP contribution is -2.15. The van der Waals surface area contributed by atoms with E-state index in [-0.39, 0.29) is 19.2 Å². The first kappa shape index (κ1) is 15.2. The topological polar surface area (TPSA) is 53.4 Å². The van der Waals surface area contributed by atoms with E-state index in [9.17, 15) is 4.79 Å². The zero-order valence-corrected chi connectivity index (χ0v) is 12.9. The molecule has 1 aromatic heterocycles. The maximum atomic E-state index is 11.4. The molecular formula is C18H18N2O3. The van der Waals surface area contributed by atoms with Crippen LogP contribution >= 0.6 is 0 Å². The molecule has 5 nitrogen and oxygen atoms in total. The maximum Gasteiger partial charge on any atom is 0.332 e. The summed E-state index contributed by atoms with van der Waals surface area (Å²) in [5.74, 6) is 0.507. The monoisotopic (exact) mass is 310 g/mol. The Hall–Kier alpha value is -2.66. The summed E-state index contributed by atoms with van der Waals surface area (Å²) in [6.07, 6.45) is 0. The summed E-state index contributed by atoms with van der Waals surface area (Å²) in [5, 5.41) is 0. The summed E-state index contributed by atoms with van der Waals surface area (Å²) in [6, 6.07) is 17.9. The number of carbonyl (C=O) groups is 1. The molecule has 0 radical (unpaired) electrons. The molecule has 2 aromatic carbocycles. The Labute approximate surface area is 134 Å². The highest BCUT2D eigenvalue weighted by Crippen LogP contribution is 2.24. The summed E-state index contributed by atoms with van der Waals surface area (Å²) in [6.45, 7) is 0.790. The Bertz CT molecular complexity index is 796. The Morgan fingerprint density at radius 1 is 1.09 bits per heavy atom. The number of fused-ring (bicyclic) bond motifs is 1. The van der Waals surface area contributed by atoms with Crippen LogP contribution < -0.4 is 0 Å². The van der Waals surface area contributed by atoms with E-state index >= 15 is 0 Å². The summed E-state index contributed by atoms with van der Waals surface area (Å²) in [5.41, 5.74) is 2.98. The Morgan fingerprint density at radius 2 is 1.83 bits per heavy atom. The molecule has 5 heteroatoms. The number of rotatable bonds is 6. The molecule has 0 amide bonds. The van der Waals surface area contributed by atoms with Crippen LogP contribution in [0.5, 0.6) is 0 Å². The number of nitrogens with zero attached hydrogens (tertiary/aromatic N) is 2. The van der Waals surface area contributed by atoms with Crippen molar-refractivity contribution < 1.29 is 14.3 Å². The van der Waals surface area contributed by atoms with Crippen molar-refractivity contribution in [3.8, 4) is 11.4 Å². The standard InChI is InChI=1S/C18H18N2O3/c1-22-13-17(21)23-12-11-20-16-10-6-5-9-15(16)19-18(20)14-7-3-2-4-8-14/h2-10H,11-13H2,1H3. The van der Waals surface area contributed by atoms with Gasteiger partial charge >= 0.3 is 5.97 Å². The van der Waals surface area contributed by atoms with Crippen LogP contribution in [0, 0.1) is 0 Å². The zero-order chi connectivity index (χ0) is 16.1. The molecule has 118 valence electrons. The molecule has 1 heterocycles. The fraction of sp³-hybridized carbons (Fsp3) is 0.222. The zero-order valence-electron chi connectivity index (χ0n) is 12.9. The van der Waals surface area contributed by atoms with Gasteiger partial charge in [0.05, 0.1) is 17.6 Å². The summed E-state index contributed by atoms with van der Waals surface area (Å²) < 4.78 is 12.0. The first-order valence-corrected chi connectivity index (χ1v) is 7.45. The average Bonchev–Trinajstić information content (AvgIpc) is 2.95. The Balaban J connectivity index is 1.89. The van der Waals surface area contributed by atoms with Crippen molar-refractivity contribution in [3.63, 3.8) is 0 Å². The number of hydrogen-bond donors (Lipinski definition) is 0. The van der Waals surface area contributed by atoms with Crippen LogP contribution in [0.3, 0.4) is 0 Å². The minimum Gasteiger partial charge on any atom is -0.462 e. The molecule has 0 aliphatic heterocycles. The lowest BCUT2D eigenvalue weighted by atomic mass is 10.2. The molecule has 0 saturated heterocycles. The number of para-hydroxylation sites is 2. The summed E-state index contributed by atoms with van der Waals surface area (Å²) >= 11 is 0. The number of benzene rings is 2. The molecule has 0 N–H and O–H groups in total.